The third kappa shape index (κ3) is 3.73. The van der Waals surface area contributed by atoms with E-state index in [9.17, 15) is 4.79 Å². The number of carbonyl (C=O) groups is 1. The summed E-state index contributed by atoms with van der Waals surface area (Å²) in [6.45, 7) is 3.03. The van der Waals surface area contributed by atoms with Crippen molar-refractivity contribution < 1.29 is 9.53 Å². The van der Waals surface area contributed by atoms with Crippen LogP contribution in [0.1, 0.15) is 32.1 Å². The molecule has 1 amide bonds. The maximum atomic E-state index is 13.5. The summed E-state index contributed by atoms with van der Waals surface area (Å²) in [5.74, 6) is 0.696. The van der Waals surface area contributed by atoms with Gasteiger partial charge < -0.3 is 10.1 Å². The first-order valence-electron chi connectivity index (χ1n) is 10.7. The number of benzene rings is 1. The molecule has 1 N–H and O–H groups in total. The van der Waals surface area contributed by atoms with Gasteiger partial charge in [-0.3, -0.25) is 14.7 Å². The van der Waals surface area contributed by atoms with Gasteiger partial charge in [-0.05, 0) is 35.9 Å². The third-order valence-corrected chi connectivity index (χ3v) is 7.22. The summed E-state index contributed by atoms with van der Waals surface area (Å²) < 4.78 is 5.53. The second-order valence-electron chi connectivity index (χ2n) is 8.14. The van der Waals surface area contributed by atoms with E-state index in [1.807, 2.05) is 24.0 Å². The van der Waals surface area contributed by atoms with E-state index in [2.05, 4.69) is 38.4 Å². The van der Waals surface area contributed by atoms with Crippen LogP contribution in [0.4, 0.5) is 5.82 Å². The molecule has 1 aliphatic carbocycles. The Morgan fingerprint density at radius 2 is 1.90 bits per heavy atom. The van der Waals surface area contributed by atoms with E-state index in [4.69, 9.17) is 4.74 Å². The van der Waals surface area contributed by atoms with Crippen molar-refractivity contribution in [3.05, 3.63) is 42.2 Å². The van der Waals surface area contributed by atoms with E-state index in [0.717, 1.165) is 60.0 Å². The van der Waals surface area contributed by atoms with Crippen LogP contribution in [-0.4, -0.2) is 52.6 Å². The summed E-state index contributed by atoms with van der Waals surface area (Å²) in [5.41, 5.74) is 2.53. The summed E-state index contributed by atoms with van der Waals surface area (Å²) in [5, 5.41) is 5.28. The van der Waals surface area contributed by atoms with Crippen LogP contribution in [0.25, 0.3) is 21.2 Å². The molecule has 3 aromatic rings. The molecule has 5 rings (SSSR count). The van der Waals surface area contributed by atoms with Gasteiger partial charge in [0.2, 0.25) is 5.91 Å². The Morgan fingerprint density at radius 3 is 2.67 bits per heavy atom. The number of aromatic nitrogens is 2. The van der Waals surface area contributed by atoms with Crippen molar-refractivity contribution >= 4 is 33.8 Å². The molecule has 6 nitrogen and oxygen atoms in total. The highest BCUT2D eigenvalue weighted by Gasteiger charge is 2.45. The van der Waals surface area contributed by atoms with Gasteiger partial charge in [-0.1, -0.05) is 31.4 Å². The van der Waals surface area contributed by atoms with Crippen molar-refractivity contribution in [2.24, 2.45) is 0 Å². The first-order valence-corrected chi connectivity index (χ1v) is 11.6. The molecule has 0 spiro atoms. The standard InChI is InChI=1S/C23H26N4O2S/c28-22(23(6-2-1-3-7-23)27-8-10-29-11-9-27)26-21-13-19-12-17(20-15-24-16-30-20)4-5-18(19)14-25-21/h4-5,12-16H,1-3,6-11H2,(H,25,26,28). The molecule has 2 aliphatic rings. The normalized spacial score (nSPS) is 19.6. The lowest BCUT2D eigenvalue weighted by Gasteiger charge is -2.46. The molecular formula is C23H26N4O2S. The number of rotatable bonds is 4. The van der Waals surface area contributed by atoms with Crippen LogP contribution in [-0.2, 0) is 9.53 Å². The number of pyridine rings is 1. The van der Waals surface area contributed by atoms with E-state index in [1.165, 1.54) is 6.42 Å². The first kappa shape index (κ1) is 19.6. The Bertz CT molecular complexity index is 1020. The molecule has 1 saturated heterocycles. The van der Waals surface area contributed by atoms with Gasteiger partial charge in [-0.25, -0.2) is 4.98 Å². The van der Waals surface area contributed by atoms with Crippen LogP contribution in [0.5, 0.6) is 0 Å². The predicted molar refractivity (Wildman–Crippen MR) is 120 cm³/mol. The molecule has 0 bridgehead atoms. The van der Waals surface area contributed by atoms with Gasteiger partial charge in [0.25, 0.3) is 0 Å². The fraction of sp³-hybridized carbons (Fsp3) is 0.435. The summed E-state index contributed by atoms with van der Waals surface area (Å²) in [4.78, 5) is 25.7. The fourth-order valence-electron chi connectivity index (χ4n) is 4.77. The number of fused-ring (bicyclic) bond motifs is 1. The molecule has 2 aromatic heterocycles. The summed E-state index contributed by atoms with van der Waals surface area (Å²) in [7, 11) is 0. The zero-order chi connectivity index (χ0) is 20.4. The maximum Gasteiger partial charge on any atom is 0.246 e. The van der Waals surface area contributed by atoms with Gasteiger partial charge in [0.15, 0.2) is 0 Å². The van der Waals surface area contributed by atoms with Crippen molar-refractivity contribution in [1.29, 1.82) is 0 Å². The Morgan fingerprint density at radius 1 is 1.07 bits per heavy atom. The van der Waals surface area contributed by atoms with Crippen molar-refractivity contribution in [2.45, 2.75) is 37.6 Å². The van der Waals surface area contributed by atoms with Gasteiger partial charge >= 0.3 is 0 Å². The van der Waals surface area contributed by atoms with Crippen molar-refractivity contribution in [3.8, 4) is 10.4 Å². The van der Waals surface area contributed by atoms with E-state index in [1.54, 1.807) is 11.3 Å². The molecule has 156 valence electrons. The number of hydrogen-bond donors (Lipinski definition) is 1. The molecular weight excluding hydrogens is 396 g/mol. The number of carbonyl (C=O) groups excluding carboxylic acids is 1. The van der Waals surface area contributed by atoms with Gasteiger partial charge in [0, 0.05) is 30.9 Å². The second kappa shape index (κ2) is 8.41. The lowest BCUT2D eigenvalue weighted by molar-refractivity contribution is -0.134. The Hall–Kier alpha value is -2.35. The summed E-state index contributed by atoms with van der Waals surface area (Å²) in [6, 6.07) is 8.27. The largest absolute Gasteiger partial charge is 0.379 e. The van der Waals surface area contributed by atoms with Crippen molar-refractivity contribution in [3.63, 3.8) is 0 Å². The van der Waals surface area contributed by atoms with Crippen LogP contribution in [0.3, 0.4) is 0 Å². The molecule has 7 heteroatoms. The molecule has 2 fully saturated rings. The molecule has 30 heavy (non-hydrogen) atoms. The average Bonchev–Trinajstić information content (AvgIpc) is 3.35. The quantitative estimate of drug-likeness (QED) is 0.678. The van der Waals surface area contributed by atoms with Gasteiger partial charge in [-0.15, -0.1) is 11.3 Å². The number of amides is 1. The van der Waals surface area contributed by atoms with Gasteiger partial charge in [-0.2, -0.15) is 0 Å². The summed E-state index contributed by atoms with van der Waals surface area (Å²) >= 11 is 1.62. The number of morpholine rings is 1. The lowest BCUT2D eigenvalue weighted by atomic mass is 9.79. The smallest absolute Gasteiger partial charge is 0.246 e. The third-order valence-electron chi connectivity index (χ3n) is 6.40. The lowest BCUT2D eigenvalue weighted by Crippen LogP contribution is -2.60. The number of hydrogen-bond acceptors (Lipinski definition) is 6. The molecule has 0 atom stereocenters. The van der Waals surface area contributed by atoms with Crippen LogP contribution < -0.4 is 5.32 Å². The van der Waals surface area contributed by atoms with Crippen molar-refractivity contribution in [2.75, 3.05) is 31.6 Å². The molecule has 0 radical (unpaired) electrons. The zero-order valence-corrected chi connectivity index (χ0v) is 17.8. The van der Waals surface area contributed by atoms with Gasteiger partial charge in [0.1, 0.15) is 11.4 Å². The highest BCUT2D eigenvalue weighted by Crippen LogP contribution is 2.36. The minimum absolute atomic E-state index is 0.0783. The summed E-state index contributed by atoms with van der Waals surface area (Å²) in [6.07, 6.45) is 8.91. The van der Waals surface area contributed by atoms with E-state index in [-0.39, 0.29) is 5.91 Å². The van der Waals surface area contributed by atoms with Crippen LogP contribution in [0.15, 0.2) is 42.2 Å². The molecule has 0 unspecified atom stereocenters. The van der Waals surface area contributed by atoms with E-state index < -0.39 is 5.54 Å². The first-order chi connectivity index (χ1) is 14.7. The minimum atomic E-state index is -0.441. The monoisotopic (exact) mass is 422 g/mol. The molecule has 1 saturated carbocycles. The Balaban J connectivity index is 1.42. The fourth-order valence-corrected chi connectivity index (χ4v) is 5.39. The number of nitrogens with one attached hydrogen (secondary N) is 1. The number of nitrogens with zero attached hydrogens (tertiary/aromatic N) is 3. The van der Waals surface area contributed by atoms with Crippen molar-refractivity contribution in [1.82, 2.24) is 14.9 Å². The SMILES string of the molecule is O=C(Nc1cc2cc(-c3cncs3)ccc2cn1)C1(N2CCOCC2)CCCCC1. The highest BCUT2D eigenvalue weighted by atomic mass is 32.1. The second-order valence-corrected chi connectivity index (χ2v) is 9.03. The molecule has 1 aromatic carbocycles. The van der Waals surface area contributed by atoms with E-state index >= 15 is 0 Å². The molecule has 3 heterocycles. The maximum absolute atomic E-state index is 13.5. The number of ether oxygens (including phenoxy) is 1. The number of anilines is 1. The Kier molecular flexibility index (Phi) is 5.50. The van der Waals surface area contributed by atoms with E-state index in [0.29, 0.717) is 19.0 Å². The Labute approximate surface area is 180 Å². The zero-order valence-electron chi connectivity index (χ0n) is 17.0. The number of thiazole rings is 1. The van der Waals surface area contributed by atoms with Gasteiger partial charge in [0.05, 0.1) is 23.6 Å². The minimum Gasteiger partial charge on any atom is -0.379 e. The van der Waals surface area contributed by atoms with Crippen LogP contribution >= 0.6 is 11.3 Å². The highest BCUT2D eigenvalue weighted by molar-refractivity contribution is 7.13. The van der Waals surface area contributed by atoms with Crippen LogP contribution in [0, 0.1) is 0 Å². The predicted octanol–water partition coefficient (Wildman–Crippen LogP) is 4.33. The average molecular weight is 423 g/mol. The molecule has 1 aliphatic heterocycles. The van der Waals surface area contributed by atoms with Crippen LogP contribution in [0.2, 0.25) is 0 Å². The topological polar surface area (TPSA) is 67.4 Å².